The molecule has 6 heteroatoms. The van der Waals surface area contributed by atoms with Crippen LogP contribution in [-0.4, -0.2) is 36.4 Å². The molecule has 168 valence electrons. The van der Waals surface area contributed by atoms with Crippen molar-refractivity contribution in [3.05, 3.63) is 70.8 Å². The van der Waals surface area contributed by atoms with Crippen molar-refractivity contribution >= 4 is 35.8 Å². The Bertz CT molecular complexity index is 883. The maximum atomic E-state index is 12.0. The van der Waals surface area contributed by atoms with Gasteiger partial charge in [0.2, 0.25) is 5.91 Å². The van der Waals surface area contributed by atoms with Crippen LogP contribution >= 0.6 is 24.0 Å². The fourth-order valence-corrected chi connectivity index (χ4v) is 3.79. The van der Waals surface area contributed by atoms with Crippen LogP contribution in [0.25, 0.3) is 0 Å². The van der Waals surface area contributed by atoms with E-state index in [-0.39, 0.29) is 29.9 Å². The zero-order chi connectivity index (χ0) is 21.3. The third-order valence-electron chi connectivity index (χ3n) is 5.59. The molecular weight excluding hydrogens is 499 g/mol. The van der Waals surface area contributed by atoms with E-state index in [1.807, 2.05) is 17.0 Å². The lowest BCUT2D eigenvalue weighted by Gasteiger charge is -2.19. The average molecular weight is 534 g/mol. The fourth-order valence-electron chi connectivity index (χ4n) is 3.79. The third kappa shape index (κ3) is 7.52. The highest BCUT2D eigenvalue weighted by atomic mass is 127. The number of guanidine groups is 1. The Hall–Kier alpha value is -2.09. The summed E-state index contributed by atoms with van der Waals surface area (Å²) in [5.41, 5.74) is 4.97. The van der Waals surface area contributed by atoms with Crippen LogP contribution in [0.1, 0.15) is 54.9 Å². The minimum Gasteiger partial charge on any atom is -0.357 e. The molecule has 1 atom stereocenters. The van der Waals surface area contributed by atoms with Gasteiger partial charge in [-0.2, -0.15) is 0 Å². The van der Waals surface area contributed by atoms with Gasteiger partial charge in [-0.15, -0.1) is 24.0 Å². The molecule has 5 nitrogen and oxygen atoms in total. The largest absolute Gasteiger partial charge is 0.357 e. The Balaban J connectivity index is 0.00000341. The SMILES string of the molecule is CCNC(=NCc1ccccc1CN1CCCC1=O)NCC(C)c1cccc(C)c1.I. The number of hydrogen-bond acceptors (Lipinski definition) is 2. The first-order valence-corrected chi connectivity index (χ1v) is 11.0. The minimum atomic E-state index is 0. The number of rotatable bonds is 8. The Morgan fingerprint density at radius 2 is 1.90 bits per heavy atom. The van der Waals surface area contributed by atoms with Gasteiger partial charge in [0.05, 0.1) is 6.54 Å². The number of benzene rings is 2. The summed E-state index contributed by atoms with van der Waals surface area (Å²) in [5.74, 6) is 1.47. The van der Waals surface area contributed by atoms with Gasteiger partial charge in [0.15, 0.2) is 5.96 Å². The Morgan fingerprint density at radius 3 is 2.58 bits per heavy atom. The molecule has 1 saturated heterocycles. The Labute approximate surface area is 203 Å². The first kappa shape index (κ1) is 25.2. The molecule has 1 heterocycles. The van der Waals surface area contributed by atoms with Gasteiger partial charge in [0.25, 0.3) is 0 Å². The highest BCUT2D eigenvalue weighted by Gasteiger charge is 2.20. The molecule has 0 saturated carbocycles. The van der Waals surface area contributed by atoms with Crippen molar-refractivity contribution < 1.29 is 4.79 Å². The molecule has 0 aliphatic carbocycles. The van der Waals surface area contributed by atoms with Crippen LogP contribution in [-0.2, 0) is 17.9 Å². The molecular formula is C25H35IN4O. The van der Waals surface area contributed by atoms with Crippen LogP contribution in [0.2, 0.25) is 0 Å². The monoisotopic (exact) mass is 534 g/mol. The summed E-state index contributed by atoms with van der Waals surface area (Å²) in [6, 6.07) is 17.0. The normalized spacial score (nSPS) is 14.9. The number of aryl methyl sites for hydroxylation is 1. The van der Waals surface area contributed by atoms with Crippen molar-refractivity contribution in [3.63, 3.8) is 0 Å². The molecule has 31 heavy (non-hydrogen) atoms. The van der Waals surface area contributed by atoms with E-state index >= 15 is 0 Å². The number of hydrogen-bond donors (Lipinski definition) is 2. The van der Waals surface area contributed by atoms with Gasteiger partial charge < -0.3 is 15.5 Å². The van der Waals surface area contributed by atoms with Crippen LogP contribution in [0, 0.1) is 6.92 Å². The molecule has 0 spiro atoms. The van der Waals surface area contributed by atoms with Crippen LogP contribution < -0.4 is 10.6 Å². The number of halogens is 1. The molecule has 1 aliphatic heterocycles. The van der Waals surface area contributed by atoms with Crippen molar-refractivity contribution in [2.75, 3.05) is 19.6 Å². The zero-order valence-electron chi connectivity index (χ0n) is 18.9. The zero-order valence-corrected chi connectivity index (χ0v) is 21.2. The second kappa shape index (κ2) is 12.7. The third-order valence-corrected chi connectivity index (χ3v) is 5.59. The maximum absolute atomic E-state index is 12.0. The molecule has 2 aromatic rings. The summed E-state index contributed by atoms with van der Waals surface area (Å²) in [6.07, 6.45) is 1.64. The maximum Gasteiger partial charge on any atom is 0.222 e. The quantitative estimate of drug-likeness (QED) is 0.296. The number of nitrogens with one attached hydrogen (secondary N) is 2. The van der Waals surface area contributed by atoms with E-state index in [1.54, 1.807) is 0 Å². The van der Waals surface area contributed by atoms with E-state index in [4.69, 9.17) is 4.99 Å². The first-order chi connectivity index (χ1) is 14.6. The van der Waals surface area contributed by atoms with Gasteiger partial charge in [-0.1, -0.05) is 61.0 Å². The summed E-state index contributed by atoms with van der Waals surface area (Å²) in [5, 5.41) is 6.83. The van der Waals surface area contributed by atoms with E-state index in [2.05, 4.69) is 67.8 Å². The van der Waals surface area contributed by atoms with Crippen LogP contribution in [0.5, 0.6) is 0 Å². The molecule has 1 amide bonds. The van der Waals surface area contributed by atoms with Crippen LogP contribution in [0.3, 0.4) is 0 Å². The lowest BCUT2D eigenvalue weighted by molar-refractivity contribution is -0.128. The smallest absolute Gasteiger partial charge is 0.222 e. The van der Waals surface area contributed by atoms with Crippen molar-refractivity contribution in [1.82, 2.24) is 15.5 Å². The average Bonchev–Trinajstić information content (AvgIpc) is 3.15. The van der Waals surface area contributed by atoms with E-state index in [1.165, 1.54) is 22.3 Å². The molecule has 0 bridgehead atoms. The van der Waals surface area contributed by atoms with Crippen molar-refractivity contribution in [2.45, 2.75) is 52.6 Å². The van der Waals surface area contributed by atoms with Crippen molar-refractivity contribution in [3.8, 4) is 0 Å². The predicted octanol–water partition coefficient (Wildman–Crippen LogP) is 4.59. The molecule has 0 aromatic heterocycles. The van der Waals surface area contributed by atoms with E-state index in [0.29, 0.717) is 25.4 Å². The molecule has 1 unspecified atom stereocenters. The van der Waals surface area contributed by atoms with Crippen molar-refractivity contribution in [2.24, 2.45) is 4.99 Å². The summed E-state index contributed by atoms with van der Waals surface area (Å²) in [6.45, 7) is 10.2. The van der Waals surface area contributed by atoms with Gasteiger partial charge in [0, 0.05) is 32.6 Å². The highest BCUT2D eigenvalue weighted by molar-refractivity contribution is 14.0. The second-order valence-electron chi connectivity index (χ2n) is 8.08. The molecule has 1 fully saturated rings. The fraction of sp³-hybridized carbons (Fsp3) is 0.440. The van der Waals surface area contributed by atoms with E-state index in [9.17, 15) is 4.79 Å². The van der Waals surface area contributed by atoms with Gasteiger partial charge in [-0.3, -0.25) is 4.79 Å². The standard InChI is InChI=1S/C25H34N4O.HI/c1-4-26-25(27-16-20(3)21-12-7-9-19(2)15-21)28-17-22-10-5-6-11-23(22)18-29-14-8-13-24(29)30;/h5-7,9-12,15,20H,4,8,13-14,16-18H2,1-3H3,(H2,26,27,28);1H. The summed E-state index contributed by atoms with van der Waals surface area (Å²) < 4.78 is 0. The summed E-state index contributed by atoms with van der Waals surface area (Å²) in [7, 11) is 0. The highest BCUT2D eigenvalue weighted by Crippen LogP contribution is 2.18. The number of amides is 1. The second-order valence-corrected chi connectivity index (χ2v) is 8.08. The Kier molecular flexibility index (Phi) is 10.3. The lowest BCUT2D eigenvalue weighted by atomic mass is 9.99. The minimum absolute atomic E-state index is 0. The van der Waals surface area contributed by atoms with E-state index < -0.39 is 0 Å². The van der Waals surface area contributed by atoms with Crippen molar-refractivity contribution in [1.29, 1.82) is 0 Å². The lowest BCUT2D eigenvalue weighted by Crippen LogP contribution is -2.39. The molecule has 2 N–H and O–H groups in total. The summed E-state index contributed by atoms with van der Waals surface area (Å²) in [4.78, 5) is 18.8. The van der Waals surface area contributed by atoms with Gasteiger partial charge >= 0.3 is 0 Å². The first-order valence-electron chi connectivity index (χ1n) is 11.0. The molecule has 3 rings (SSSR count). The number of carbonyl (C=O) groups is 1. The number of nitrogens with zero attached hydrogens (tertiary/aromatic N) is 2. The van der Waals surface area contributed by atoms with E-state index in [0.717, 1.165) is 32.0 Å². The Morgan fingerprint density at radius 1 is 1.13 bits per heavy atom. The number of likely N-dealkylation sites (tertiary alicyclic amines) is 1. The number of carbonyl (C=O) groups excluding carboxylic acids is 1. The summed E-state index contributed by atoms with van der Waals surface area (Å²) >= 11 is 0. The van der Waals surface area contributed by atoms with Gasteiger partial charge in [0.1, 0.15) is 0 Å². The van der Waals surface area contributed by atoms with Gasteiger partial charge in [-0.05, 0) is 42.9 Å². The molecule has 0 radical (unpaired) electrons. The molecule has 2 aromatic carbocycles. The topological polar surface area (TPSA) is 56.7 Å². The predicted molar refractivity (Wildman–Crippen MR) is 139 cm³/mol. The molecule has 1 aliphatic rings. The number of aliphatic imine (C=N–C) groups is 1. The van der Waals surface area contributed by atoms with Crippen LogP contribution in [0.4, 0.5) is 0 Å². The van der Waals surface area contributed by atoms with Crippen LogP contribution in [0.15, 0.2) is 53.5 Å². The van der Waals surface area contributed by atoms with Gasteiger partial charge in [-0.25, -0.2) is 4.99 Å².